The topological polar surface area (TPSA) is 38.3 Å². The molecule has 0 radical (unpaired) electrons. The van der Waals surface area contributed by atoms with Crippen LogP contribution in [0.15, 0.2) is 42.5 Å². The van der Waals surface area contributed by atoms with Crippen LogP contribution in [0, 0.1) is 0 Å². The van der Waals surface area contributed by atoms with Crippen LogP contribution in [0.1, 0.15) is 58.4 Å². The molecule has 27 heavy (non-hydrogen) atoms. The molecular weight excluding hydrogens is 355 g/mol. The average Bonchev–Trinajstić information content (AvgIpc) is 3.42. The summed E-state index contributed by atoms with van der Waals surface area (Å²) in [7, 11) is 0. The summed E-state index contributed by atoms with van der Waals surface area (Å²) >= 11 is 0. The van der Waals surface area contributed by atoms with Gasteiger partial charge in [0.25, 0.3) is 0 Å². The van der Waals surface area contributed by atoms with E-state index in [1.165, 1.54) is 17.7 Å². The Morgan fingerprint density at radius 3 is 2.48 bits per heavy atom. The normalized spacial score (nSPS) is 20.2. The molecule has 0 aromatic heterocycles. The molecule has 1 spiro atoms. The average molecular weight is 375 g/mol. The van der Waals surface area contributed by atoms with Crippen molar-refractivity contribution in [2.24, 2.45) is 0 Å². The fourth-order valence-corrected chi connectivity index (χ4v) is 3.89. The lowest BCUT2D eigenvalue weighted by Gasteiger charge is -2.34. The molecule has 1 fully saturated rings. The third-order valence-corrected chi connectivity index (χ3v) is 5.51. The van der Waals surface area contributed by atoms with Crippen LogP contribution in [0.5, 0.6) is 0 Å². The third kappa shape index (κ3) is 3.23. The number of hydrogen-bond donors (Lipinski definition) is 1. The molecular formula is C21H20F3NO2. The minimum absolute atomic E-state index is 0.0882. The summed E-state index contributed by atoms with van der Waals surface area (Å²) in [5, 5.41) is 3.47. The standard InChI is InChI=1S/C21H20F3NO2/c1-2-27-19(26)14-5-8-17-16(11-14)18(25-12-20(17)9-10-20)13-3-6-15(7-4-13)21(22,23)24/h3-8,11,18,25H,2,9-10,12H2,1H3. The van der Waals surface area contributed by atoms with Gasteiger partial charge in [0.05, 0.1) is 23.8 Å². The highest BCUT2D eigenvalue weighted by Gasteiger charge is 2.49. The van der Waals surface area contributed by atoms with Crippen LogP contribution in [-0.2, 0) is 16.3 Å². The largest absolute Gasteiger partial charge is 0.462 e. The maximum atomic E-state index is 12.9. The molecule has 6 heteroatoms. The molecule has 1 N–H and O–H groups in total. The minimum Gasteiger partial charge on any atom is -0.462 e. The molecule has 1 saturated carbocycles. The first-order valence-corrected chi connectivity index (χ1v) is 9.06. The lowest BCUT2D eigenvalue weighted by atomic mass is 9.81. The van der Waals surface area contributed by atoms with Crippen molar-refractivity contribution >= 4 is 5.97 Å². The van der Waals surface area contributed by atoms with Gasteiger partial charge in [0.2, 0.25) is 0 Å². The Morgan fingerprint density at radius 1 is 1.19 bits per heavy atom. The van der Waals surface area contributed by atoms with Crippen LogP contribution in [-0.4, -0.2) is 19.1 Å². The van der Waals surface area contributed by atoms with Crippen molar-refractivity contribution in [2.45, 2.75) is 37.4 Å². The molecule has 0 bridgehead atoms. The first kappa shape index (κ1) is 18.0. The van der Waals surface area contributed by atoms with E-state index in [0.29, 0.717) is 12.2 Å². The number of rotatable bonds is 3. The Bertz CT molecular complexity index is 870. The van der Waals surface area contributed by atoms with E-state index in [4.69, 9.17) is 4.74 Å². The number of esters is 1. The number of ether oxygens (including phenoxy) is 1. The molecule has 2 aromatic rings. The summed E-state index contributed by atoms with van der Waals surface area (Å²) in [4.78, 5) is 12.1. The quantitative estimate of drug-likeness (QED) is 0.797. The summed E-state index contributed by atoms with van der Waals surface area (Å²) < 4.78 is 43.7. The SMILES string of the molecule is CCOC(=O)c1ccc2c(c1)C(c1ccc(C(F)(F)F)cc1)NCC21CC1. The molecule has 1 aliphatic heterocycles. The van der Waals surface area contributed by atoms with Crippen LogP contribution in [0.25, 0.3) is 0 Å². The molecule has 1 atom stereocenters. The molecule has 2 aliphatic rings. The van der Waals surface area contributed by atoms with Crippen molar-refractivity contribution in [3.05, 3.63) is 70.3 Å². The number of hydrogen-bond acceptors (Lipinski definition) is 3. The zero-order valence-electron chi connectivity index (χ0n) is 14.9. The van der Waals surface area contributed by atoms with Gasteiger partial charge in [0.1, 0.15) is 0 Å². The monoisotopic (exact) mass is 375 g/mol. The number of nitrogens with one attached hydrogen (secondary N) is 1. The Kier molecular flexibility index (Phi) is 4.26. The maximum Gasteiger partial charge on any atom is 0.416 e. The molecule has 0 amide bonds. The van der Waals surface area contributed by atoms with Gasteiger partial charge in [0.15, 0.2) is 0 Å². The van der Waals surface area contributed by atoms with Crippen molar-refractivity contribution in [2.75, 3.05) is 13.2 Å². The highest BCUT2D eigenvalue weighted by atomic mass is 19.4. The summed E-state index contributed by atoms with van der Waals surface area (Å²) in [6.07, 6.45) is -2.21. The number of carbonyl (C=O) groups is 1. The van der Waals surface area contributed by atoms with Crippen LogP contribution < -0.4 is 5.32 Å². The van der Waals surface area contributed by atoms with Gasteiger partial charge in [-0.05, 0) is 60.7 Å². The van der Waals surface area contributed by atoms with Crippen molar-refractivity contribution in [1.29, 1.82) is 0 Å². The highest BCUT2D eigenvalue weighted by Crippen LogP contribution is 2.53. The number of benzene rings is 2. The van der Waals surface area contributed by atoms with Crippen molar-refractivity contribution in [1.82, 2.24) is 5.32 Å². The Labute approximate surface area is 155 Å². The molecule has 1 unspecified atom stereocenters. The lowest BCUT2D eigenvalue weighted by Crippen LogP contribution is -2.38. The van der Waals surface area contributed by atoms with Gasteiger partial charge in [-0.25, -0.2) is 4.79 Å². The first-order chi connectivity index (χ1) is 12.8. The third-order valence-electron chi connectivity index (χ3n) is 5.51. The highest BCUT2D eigenvalue weighted by molar-refractivity contribution is 5.90. The molecule has 1 aliphatic carbocycles. The molecule has 4 rings (SSSR count). The second-order valence-electron chi connectivity index (χ2n) is 7.24. The van der Waals surface area contributed by atoms with Gasteiger partial charge in [-0.15, -0.1) is 0 Å². The van der Waals surface area contributed by atoms with E-state index in [-0.39, 0.29) is 17.4 Å². The van der Waals surface area contributed by atoms with Crippen molar-refractivity contribution in [3.8, 4) is 0 Å². The Balaban J connectivity index is 1.73. The fraction of sp³-hybridized carbons (Fsp3) is 0.381. The predicted molar refractivity (Wildman–Crippen MR) is 94.6 cm³/mol. The summed E-state index contributed by atoms with van der Waals surface area (Å²) in [6.45, 7) is 2.83. The van der Waals surface area contributed by atoms with E-state index in [9.17, 15) is 18.0 Å². The Morgan fingerprint density at radius 2 is 1.89 bits per heavy atom. The number of carbonyl (C=O) groups excluding carboxylic acids is 1. The summed E-state index contributed by atoms with van der Waals surface area (Å²) in [5.41, 5.74) is 2.77. The number of halogens is 3. The van der Waals surface area contributed by atoms with Gasteiger partial charge >= 0.3 is 12.1 Å². The second kappa shape index (κ2) is 6.37. The minimum atomic E-state index is -4.36. The van der Waals surface area contributed by atoms with Gasteiger partial charge < -0.3 is 10.1 Å². The van der Waals surface area contributed by atoms with E-state index in [2.05, 4.69) is 5.32 Å². The van der Waals surface area contributed by atoms with Crippen molar-refractivity contribution in [3.63, 3.8) is 0 Å². The van der Waals surface area contributed by atoms with Gasteiger partial charge in [-0.3, -0.25) is 0 Å². The Hall–Kier alpha value is -2.34. The number of alkyl halides is 3. The van der Waals surface area contributed by atoms with Gasteiger partial charge in [-0.1, -0.05) is 18.2 Å². The van der Waals surface area contributed by atoms with E-state index < -0.39 is 11.7 Å². The first-order valence-electron chi connectivity index (χ1n) is 9.06. The fourth-order valence-electron chi connectivity index (χ4n) is 3.89. The van der Waals surface area contributed by atoms with E-state index in [0.717, 1.165) is 42.6 Å². The maximum absolute atomic E-state index is 12.9. The molecule has 1 heterocycles. The molecule has 0 saturated heterocycles. The molecule has 142 valence electrons. The lowest BCUT2D eigenvalue weighted by molar-refractivity contribution is -0.137. The summed E-state index contributed by atoms with van der Waals surface area (Å²) in [6, 6.07) is 10.6. The zero-order chi connectivity index (χ0) is 19.2. The van der Waals surface area contributed by atoms with Crippen LogP contribution >= 0.6 is 0 Å². The van der Waals surface area contributed by atoms with Crippen molar-refractivity contribution < 1.29 is 22.7 Å². The van der Waals surface area contributed by atoms with E-state index in [1.54, 1.807) is 13.0 Å². The molecule has 3 nitrogen and oxygen atoms in total. The zero-order valence-corrected chi connectivity index (χ0v) is 14.9. The predicted octanol–water partition coefficient (Wildman–Crippen LogP) is 4.61. The van der Waals surface area contributed by atoms with E-state index in [1.807, 2.05) is 12.1 Å². The second-order valence-corrected chi connectivity index (χ2v) is 7.24. The number of fused-ring (bicyclic) bond motifs is 2. The van der Waals surface area contributed by atoms with Crippen LogP contribution in [0.2, 0.25) is 0 Å². The molecule has 2 aromatic carbocycles. The van der Waals surface area contributed by atoms with Crippen LogP contribution in [0.4, 0.5) is 13.2 Å². The van der Waals surface area contributed by atoms with Gasteiger partial charge in [0, 0.05) is 12.0 Å². The van der Waals surface area contributed by atoms with Crippen LogP contribution in [0.3, 0.4) is 0 Å². The van der Waals surface area contributed by atoms with E-state index >= 15 is 0 Å². The smallest absolute Gasteiger partial charge is 0.416 e. The summed E-state index contributed by atoms with van der Waals surface area (Å²) in [5.74, 6) is -0.387. The van der Waals surface area contributed by atoms with Gasteiger partial charge in [-0.2, -0.15) is 13.2 Å².